The van der Waals surface area contributed by atoms with Gasteiger partial charge in [-0.05, 0) is 38.5 Å². The lowest BCUT2D eigenvalue weighted by molar-refractivity contribution is 0.242. The number of benzene rings is 1. The summed E-state index contributed by atoms with van der Waals surface area (Å²) in [7, 11) is 0. The highest BCUT2D eigenvalue weighted by Crippen LogP contribution is 2.24. The van der Waals surface area contributed by atoms with Crippen LogP contribution >= 0.6 is 0 Å². The van der Waals surface area contributed by atoms with Gasteiger partial charge in [-0.15, -0.1) is 0 Å². The molecule has 1 heterocycles. The summed E-state index contributed by atoms with van der Waals surface area (Å²) in [6.07, 6.45) is 0.0497. The van der Waals surface area contributed by atoms with Gasteiger partial charge in [0.15, 0.2) is 0 Å². The van der Waals surface area contributed by atoms with Crippen LogP contribution in [0.5, 0.6) is 5.75 Å². The highest BCUT2D eigenvalue weighted by molar-refractivity contribution is 5.83. The molecule has 0 radical (unpaired) electrons. The van der Waals surface area contributed by atoms with Crippen molar-refractivity contribution >= 4 is 11.0 Å². The van der Waals surface area contributed by atoms with Gasteiger partial charge in [-0.25, -0.2) is 4.79 Å². The van der Waals surface area contributed by atoms with Crippen molar-refractivity contribution in [3.8, 4) is 11.8 Å². The van der Waals surface area contributed by atoms with Crippen LogP contribution in [-0.4, -0.2) is 6.10 Å². The van der Waals surface area contributed by atoms with Gasteiger partial charge in [0.2, 0.25) is 0 Å². The molecule has 18 heavy (non-hydrogen) atoms. The molecule has 0 amide bonds. The van der Waals surface area contributed by atoms with Crippen molar-refractivity contribution in [3.63, 3.8) is 0 Å². The lowest BCUT2D eigenvalue weighted by Gasteiger charge is -2.10. The molecule has 2 rings (SSSR count). The predicted molar refractivity (Wildman–Crippen MR) is 67.7 cm³/mol. The van der Waals surface area contributed by atoms with Gasteiger partial charge in [-0.1, -0.05) is 0 Å². The van der Waals surface area contributed by atoms with Crippen LogP contribution in [0.2, 0.25) is 0 Å². The van der Waals surface area contributed by atoms with E-state index in [1.54, 1.807) is 25.1 Å². The first-order chi connectivity index (χ1) is 8.52. The quantitative estimate of drug-likeness (QED) is 0.761. The molecule has 0 spiro atoms. The first kappa shape index (κ1) is 12.2. The smallest absolute Gasteiger partial charge is 0.354 e. The second-order valence-electron chi connectivity index (χ2n) is 4.33. The lowest BCUT2D eigenvalue weighted by Crippen LogP contribution is -2.08. The Morgan fingerprint density at radius 3 is 2.72 bits per heavy atom. The first-order valence-corrected chi connectivity index (χ1v) is 5.67. The van der Waals surface area contributed by atoms with Crippen LogP contribution in [0.3, 0.4) is 0 Å². The van der Waals surface area contributed by atoms with Gasteiger partial charge < -0.3 is 9.15 Å². The molecular weight excluding hydrogens is 230 g/mol. The molecule has 1 aromatic heterocycles. The largest absolute Gasteiger partial charge is 0.491 e. The van der Waals surface area contributed by atoms with E-state index in [0.29, 0.717) is 16.9 Å². The molecule has 0 unspecified atom stereocenters. The van der Waals surface area contributed by atoms with Gasteiger partial charge in [0.05, 0.1) is 6.10 Å². The van der Waals surface area contributed by atoms with Crippen molar-refractivity contribution in [2.24, 2.45) is 0 Å². The van der Waals surface area contributed by atoms with Crippen molar-refractivity contribution in [3.05, 3.63) is 39.7 Å². The zero-order valence-electron chi connectivity index (χ0n) is 10.5. The molecule has 4 nitrogen and oxygen atoms in total. The van der Waals surface area contributed by atoms with Crippen LogP contribution < -0.4 is 10.4 Å². The Morgan fingerprint density at radius 2 is 2.11 bits per heavy atom. The summed E-state index contributed by atoms with van der Waals surface area (Å²) < 4.78 is 10.7. The fourth-order valence-corrected chi connectivity index (χ4v) is 1.81. The predicted octanol–water partition coefficient (Wildman–Crippen LogP) is 2.76. The average Bonchev–Trinajstić information content (AvgIpc) is 2.28. The highest BCUT2D eigenvalue weighted by Gasteiger charge is 2.11. The molecule has 0 aliphatic carbocycles. The Morgan fingerprint density at radius 1 is 1.39 bits per heavy atom. The summed E-state index contributed by atoms with van der Waals surface area (Å²) in [5.74, 6) is 0.643. The summed E-state index contributed by atoms with van der Waals surface area (Å²) in [5.41, 5.74) is 0.527. The van der Waals surface area contributed by atoms with Crippen LogP contribution in [0.1, 0.15) is 25.0 Å². The van der Waals surface area contributed by atoms with Gasteiger partial charge in [0, 0.05) is 11.5 Å². The Kier molecular flexibility index (Phi) is 3.07. The number of hydrogen-bond acceptors (Lipinski definition) is 4. The molecule has 0 aliphatic rings. The third kappa shape index (κ3) is 2.07. The van der Waals surface area contributed by atoms with Gasteiger partial charge >= 0.3 is 5.63 Å². The molecule has 4 heteroatoms. The van der Waals surface area contributed by atoms with Crippen LogP contribution in [-0.2, 0) is 0 Å². The molecule has 0 fully saturated rings. The average molecular weight is 243 g/mol. The molecule has 92 valence electrons. The molecule has 0 N–H and O–H groups in total. The zero-order chi connectivity index (χ0) is 13.3. The molecule has 0 saturated carbocycles. The first-order valence-electron chi connectivity index (χ1n) is 5.67. The van der Waals surface area contributed by atoms with E-state index in [2.05, 4.69) is 0 Å². The Balaban J connectivity index is 2.67. The van der Waals surface area contributed by atoms with Crippen LogP contribution in [0, 0.1) is 18.3 Å². The van der Waals surface area contributed by atoms with Crippen LogP contribution in [0.15, 0.2) is 27.4 Å². The molecule has 1 aromatic carbocycles. The minimum atomic E-state index is -0.607. The van der Waals surface area contributed by atoms with Gasteiger partial charge in [-0.3, -0.25) is 0 Å². The van der Waals surface area contributed by atoms with Crippen molar-refractivity contribution in [1.82, 2.24) is 0 Å². The maximum absolute atomic E-state index is 11.6. The molecule has 0 saturated heterocycles. The summed E-state index contributed by atoms with van der Waals surface area (Å²) >= 11 is 0. The van der Waals surface area contributed by atoms with E-state index < -0.39 is 5.63 Å². The Hall–Kier alpha value is -2.28. The summed E-state index contributed by atoms with van der Waals surface area (Å²) in [6.45, 7) is 5.58. The second-order valence-corrected chi connectivity index (χ2v) is 4.33. The highest BCUT2D eigenvalue weighted by atomic mass is 16.5. The van der Waals surface area contributed by atoms with Crippen molar-refractivity contribution in [1.29, 1.82) is 5.26 Å². The van der Waals surface area contributed by atoms with E-state index in [9.17, 15) is 4.79 Å². The lowest BCUT2D eigenvalue weighted by atomic mass is 10.1. The minimum Gasteiger partial charge on any atom is -0.491 e. The summed E-state index contributed by atoms with van der Waals surface area (Å²) in [4.78, 5) is 11.6. The molecule has 2 aromatic rings. The topological polar surface area (TPSA) is 63.2 Å². The van der Waals surface area contributed by atoms with Gasteiger partial charge in [0.25, 0.3) is 0 Å². The van der Waals surface area contributed by atoms with E-state index in [1.165, 1.54) is 0 Å². The maximum Gasteiger partial charge on any atom is 0.354 e. The molecule has 0 bridgehead atoms. The monoisotopic (exact) mass is 243 g/mol. The standard InChI is InChI=1S/C14H13NO3/c1-8(2)17-10-4-5-11-9(3)12(7-15)14(16)18-13(11)6-10/h4-6,8H,1-3H3. The number of nitrogens with zero attached hydrogens (tertiary/aromatic N) is 1. The van der Waals surface area contributed by atoms with Crippen LogP contribution in [0.25, 0.3) is 11.0 Å². The molecule has 0 atom stereocenters. The van der Waals surface area contributed by atoms with E-state index in [4.69, 9.17) is 14.4 Å². The normalized spacial score (nSPS) is 10.6. The Bertz CT molecular complexity index is 692. The van der Waals surface area contributed by atoms with Crippen molar-refractivity contribution in [2.45, 2.75) is 26.9 Å². The third-order valence-electron chi connectivity index (χ3n) is 2.62. The minimum absolute atomic E-state index is 0.0497. The SMILES string of the molecule is Cc1c(C#N)c(=O)oc2cc(OC(C)C)ccc12. The third-order valence-corrected chi connectivity index (χ3v) is 2.62. The zero-order valence-corrected chi connectivity index (χ0v) is 10.5. The van der Waals surface area contributed by atoms with E-state index in [-0.39, 0.29) is 11.7 Å². The fourth-order valence-electron chi connectivity index (χ4n) is 1.81. The van der Waals surface area contributed by atoms with Gasteiger partial charge in [0.1, 0.15) is 23.0 Å². The van der Waals surface area contributed by atoms with E-state index >= 15 is 0 Å². The van der Waals surface area contributed by atoms with Gasteiger partial charge in [-0.2, -0.15) is 5.26 Å². The second kappa shape index (κ2) is 4.53. The number of rotatable bonds is 2. The van der Waals surface area contributed by atoms with E-state index in [0.717, 1.165) is 5.39 Å². The maximum atomic E-state index is 11.6. The number of hydrogen-bond donors (Lipinski definition) is 0. The molecule has 0 aliphatic heterocycles. The number of aryl methyl sites for hydroxylation is 1. The molecular formula is C14H13NO3. The summed E-state index contributed by atoms with van der Waals surface area (Å²) in [5, 5.41) is 9.65. The number of fused-ring (bicyclic) bond motifs is 1. The van der Waals surface area contributed by atoms with E-state index in [1.807, 2.05) is 19.9 Å². The Labute approximate surface area is 104 Å². The number of nitriles is 1. The van der Waals surface area contributed by atoms with Crippen LogP contribution in [0.4, 0.5) is 0 Å². The fraction of sp³-hybridized carbons (Fsp3) is 0.286. The summed E-state index contributed by atoms with van der Waals surface area (Å²) in [6, 6.07) is 7.14. The van der Waals surface area contributed by atoms with Crippen molar-refractivity contribution < 1.29 is 9.15 Å². The van der Waals surface area contributed by atoms with Crippen molar-refractivity contribution in [2.75, 3.05) is 0 Å². The number of ether oxygens (including phenoxy) is 1.